The summed E-state index contributed by atoms with van der Waals surface area (Å²) in [6.07, 6.45) is -9.64. The van der Waals surface area contributed by atoms with Gasteiger partial charge in [-0.2, -0.15) is 30.6 Å². The number of hydrogen-bond acceptors (Lipinski definition) is 6. The van der Waals surface area contributed by atoms with E-state index in [2.05, 4.69) is 4.98 Å². The number of fused-ring (bicyclic) bond motifs is 1. The number of rotatable bonds is 5. The number of carbonyl (C=O) groups excluding carboxylic acids is 1. The average Bonchev–Trinajstić information content (AvgIpc) is 3.28. The van der Waals surface area contributed by atoms with Gasteiger partial charge in [0.25, 0.3) is 5.91 Å². The number of ether oxygens (including phenoxy) is 1. The number of hydrogen-bond donors (Lipinski definition) is 3. The van der Waals surface area contributed by atoms with Crippen molar-refractivity contribution in [3.05, 3.63) is 53.3 Å². The van der Waals surface area contributed by atoms with Crippen LogP contribution in [0.1, 0.15) is 36.0 Å². The number of aromatic nitrogens is 2. The van der Waals surface area contributed by atoms with Gasteiger partial charge in [0.15, 0.2) is 0 Å². The molecule has 0 bridgehead atoms. The zero-order valence-corrected chi connectivity index (χ0v) is 19.3. The monoisotopic (exact) mass is 554 g/mol. The minimum absolute atomic E-state index is 0. The van der Waals surface area contributed by atoms with Crippen molar-refractivity contribution in [3.8, 4) is 5.75 Å². The zero-order chi connectivity index (χ0) is 27.2. The number of sulfonamides is 1. The van der Waals surface area contributed by atoms with E-state index in [1.165, 1.54) is 5.48 Å². The summed E-state index contributed by atoms with van der Waals surface area (Å²) in [5, 5.41) is 9.10. The molecule has 0 spiro atoms. The number of H-pyrrole nitrogens is 1. The van der Waals surface area contributed by atoms with Gasteiger partial charge < -0.3 is 9.72 Å². The third kappa shape index (κ3) is 5.35. The van der Waals surface area contributed by atoms with Crippen molar-refractivity contribution in [1.29, 1.82) is 0 Å². The molecule has 0 aliphatic carbocycles. The van der Waals surface area contributed by atoms with Gasteiger partial charge >= 0.3 is 12.4 Å². The van der Waals surface area contributed by atoms with Gasteiger partial charge in [0, 0.05) is 14.5 Å². The van der Waals surface area contributed by atoms with Gasteiger partial charge in [0.1, 0.15) is 17.4 Å². The first-order chi connectivity index (χ1) is 17.2. The van der Waals surface area contributed by atoms with E-state index in [1.807, 2.05) is 4.98 Å². The molecule has 1 aliphatic rings. The van der Waals surface area contributed by atoms with Crippen molar-refractivity contribution in [3.63, 3.8) is 0 Å². The largest absolute Gasteiger partial charge is 0.490 e. The lowest BCUT2D eigenvalue weighted by molar-refractivity contribution is -0.144. The van der Waals surface area contributed by atoms with Crippen LogP contribution >= 0.6 is 0 Å². The van der Waals surface area contributed by atoms with Gasteiger partial charge in [-0.05, 0) is 49.2 Å². The molecule has 3 N–H and O–H groups in total. The first-order valence-corrected chi connectivity index (χ1v) is 12.0. The Morgan fingerprint density at radius 2 is 1.68 bits per heavy atom. The number of alkyl halides is 6. The van der Waals surface area contributed by atoms with Crippen molar-refractivity contribution in [1.82, 2.24) is 19.8 Å². The molecule has 2 heterocycles. The predicted molar refractivity (Wildman–Crippen MR) is 116 cm³/mol. The molecular weight excluding hydrogens is 534 g/mol. The van der Waals surface area contributed by atoms with Crippen molar-refractivity contribution in [2.24, 2.45) is 0 Å². The Bertz CT molecular complexity index is 1420. The topological polar surface area (TPSA) is 125 Å². The van der Waals surface area contributed by atoms with E-state index >= 15 is 0 Å². The highest BCUT2D eigenvalue weighted by Gasteiger charge is 2.38. The highest BCUT2D eigenvalue weighted by Crippen LogP contribution is 2.34. The summed E-state index contributed by atoms with van der Waals surface area (Å²) < 4.78 is 111. The lowest BCUT2D eigenvalue weighted by atomic mass is 10.1. The van der Waals surface area contributed by atoms with Crippen LogP contribution in [0, 0.1) is 0 Å². The Hall–Kier alpha value is -3.37. The maximum Gasteiger partial charge on any atom is 0.449 e. The molecule has 4 rings (SSSR count). The van der Waals surface area contributed by atoms with E-state index in [1.54, 1.807) is 0 Å². The number of nitrogens with one attached hydrogen (secondary N) is 2. The highest BCUT2D eigenvalue weighted by molar-refractivity contribution is 7.89. The predicted octanol–water partition coefficient (Wildman–Crippen LogP) is 4.20. The number of benzene rings is 2. The molecule has 0 saturated carbocycles. The summed E-state index contributed by atoms with van der Waals surface area (Å²) in [5.74, 6) is -2.66. The molecule has 1 aliphatic heterocycles. The number of carbonyl (C=O) groups is 1. The molecule has 9 nitrogen and oxygen atoms in total. The molecule has 1 amide bonds. The normalized spacial score (nSPS) is 16.2. The van der Waals surface area contributed by atoms with E-state index in [4.69, 9.17) is 9.94 Å². The molecule has 1 fully saturated rings. The summed E-state index contributed by atoms with van der Waals surface area (Å²) >= 11 is 0. The van der Waals surface area contributed by atoms with Crippen LogP contribution in [0.25, 0.3) is 11.0 Å². The molecule has 1 saturated heterocycles. The van der Waals surface area contributed by atoms with E-state index in [-0.39, 0.29) is 38.6 Å². The molecule has 37 heavy (non-hydrogen) atoms. The van der Waals surface area contributed by atoms with Gasteiger partial charge in [-0.3, -0.25) is 10.0 Å². The third-order valence-electron chi connectivity index (χ3n) is 5.72. The molecule has 16 heteroatoms. The van der Waals surface area contributed by atoms with Gasteiger partial charge in [0.2, 0.25) is 15.8 Å². The fraction of sp³-hybridized carbons (Fsp3) is 0.333. The number of nitrogens with zero attached hydrogens (tertiary/aromatic N) is 2. The Balaban J connectivity index is 0.00000400. The highest BCUT2D eigenvalue weighted by atomic mass is 32.2. The van der Waals surface area contributed by atoms with Crippen LogP contribution in [0.3, 0.4) is 0 Å². The van der Waals surface area contributed by atoms with Gasteiger partial charge in [-0.15, -0.1) is 0 Å². The maximum atomic E-state index is 13.3. The standard InChI is InChI=1S/C21H18F6N4O5S.H2/c22-20(23,24)11-1-3-12(4-2-11)36-13-7-9-31(10-8-13)37(34,35)15-6-5-14-17(16(15)18(32)30-33)29-19(28-14)21(25,26)27;/h1-6,13,33H,7-10H2,(H,28,29)(H,30,32);1H. The van der Waals surface area contributed by atoms with E-state index in [0.717, 1.165) is 40.7 Å². The van der Waals surface area contributed by atoms with Crippen molar-refractivity contribution >= 4 is 27.0 Å². The minimum atomic E-state index is -4.90. The SMILES string of the molecule is O=C(NO)c1c(S(=O)(=O)N2CCC(Oc3ccc(C(F)(F)F)cc3)CC2)ccc2[nH]c(C(F)(F)F)nc12.[HH]. The Kier molecular flexibility index (Phi) is 6.85. The fourth-order valence-electron chi connectivity index (χ4n) is 3.93. The molecular formula is C21H20F6N4O5S. The number of halogens is 6. The second kappa shape index (κ2) is 9.50. The molecule has 1 aromatic heterocycles. The van der Waals surface area contributed by atoms with E-state index < -0.39 is 61.8 Å². The van der Waals surface area contributed by atoms with Crippen LogP contribution in [-0.4, -0.2) is 53.0 Å². The number of aromatic amines is 1. The first-order valence-electron chi connectivity index (χ1n) is 10.6. The zero-order valence-electron chi connectivity index (χ0n) is 18.5. The summed E-state index contributed by atoms with van der Waals surface area (Å²) in [6, 6.07) is 5.99. The second-order valence-corrected chi connectivity index (χ2v) is 10.0. The molecule has 0 unspecified atom stereocenters. The van der Waals surface area contributed by atoms with E-state index in [0.29, 0.717) is 0 Å². The van der Waals surface area contributed by atoms with Crippen LogP contribution in [0.2, 0.25) is 0 Å². The van der Waals surface area contributed by atoms with Crippen molar-refractivity contribution in [2.45, 2.75) is 36.2 Å². The third-order valence-corrected chi connectivity index (χ3v) is 7.66. The summed E-state index contributed by atoms with van der Waals surface area (Å²) in [6.45, 7) is -0.222. The van der Waals surface area contributed by atoms with Gasteiger partial charge in [-0.1, -0.05) is 0 Å². The number of amides is 1. The Labute approximate surface area is 206 Å². The molecule has 0 atom stereocenters. The summed E-state index contributed by atoms with van der Waals surface area (Å²) in [4.78, 5) is 16.9. The quantitative estimate of drug-likeness (QED) is 0.247. The molecule has 2 aromatic carbocycles. The number of imidazole rings is 1. The second-order valence-electron chi connectivity index (χ2n) is 8.10. The van der Waals surface area contributed by atoms with Gasteiger partial charge in [-0.25, -0.2) is 18.9 Å². The lowest BCUT2D eigenvalue weighted by Crippen LogP contribution is -2.42. The van der Waals surface area contributed by atoms with Crippen molar-refractivity contribution < 1.29 is 50.9 Å². The summed E-state index contributed by atoms with van der Waals surface area (Å²) in [5.41, 5.74) is -1.25. The van der Waals surface area contributed by atoms with Crippen LogP contribution in [-0.2, 0) is 22.4 Å². The van der Waals surface area contributed by atoms with Crippen LogP contribution in [0.15, 0.2) is 41.3 Å². The Morgan fingerprint density at radius 1 is 1.05 bits per heavy atom. The molecule has 0 radical (unpaired) electrons. The Morgan fingerprint density at radius 3 is 2.22 bits per heavy atom. The number of piperidine rings is 1. The average molecular weight is 554 g/mol. The maximum absolute atomic E-state index is 13.3. The lowest BCUT2D eigenvalue weighted by Gasteiger charge is -2.31. The van der Waals surface area contributed by atoms with Gasteiger partial charge in [0.05, 0.1) is 21.5 Å². The smallest absolute Gasteiger partial charge is 0.449 e. The van der Waals surface area contributed by atoms with Crippen molar-refractivity contribution in [2.75, 3.05) is 13.1 Å². The fourth-order valence-corrected chi connectivity index (χ4v) is 5.58. The van der Waals surface area contributed by atoms with Crippen LogP contribution < -0.4 is 10.2 Å². The van der Waals surface area contributed by atoms with Crippen LogP contribution in [0.4, 0.5) is 26.3 Å². The molecule has 3 aromatic rings. The summed E-state index contributed by atoms with van der Waals surface area (Å²) in [7, 11) is -4.44. The minimum Gasteiger partial charge on any atom is -0.490 e. The van der Waals surface area contributed by atoms with E-state index in [9.17, 15) is 39.6 Å². The van der Waals surface area contributed by atoms with Crippen LogP contribution in [0.5, 0.6) is 5.75 Å². The number of hydroxylamine groups is 1. The molecule has 202 valence electrons. The first kappa shape index (κ1) is 26.7.